The zero-order chi connectivity index (χ0) is 21.4. The molecular weight excluding hydrogens is 442 g/mol. The minimum Gasteiger partial charge on any atom is -0.496 e. The topological polar surface area (TPSA) is 83.1 Å². The molecule has 0 radical (unpaired) electrons. The van der Waals surface area contributed by atoms with Gasteiger partial charge in [0.15, 0.2) is 18.1 Å². The maximum Gasteiger partial charge on any atom is 0.331 e. The summed E-state index contributed by atoms with van der Waals surface area (Å²) >= 11 is 3.38. The second-order valence-corrected chi connectivity index (χ2v) is 6.78. The number of hydrogen-bond acceptors (Lipinski definition) is 6. The number of ether oxygens (including phenoxy) is 4. The largest absolute Gasteiger partial charge is 0.496 e. The third kappa shape index (κ3) is 6.25. The Kier molecular flexibility index (Phi) is 8.09. The number of benzene rings is 2. The first-order valence-corrected chi connectivity index (χ1v) is 9.38. The van der Waals surface area contributed by atoms with Gasteiger partial charge in [0.2, 0.25) is 0 Å². The fraction of sp³-hybridized carbons (Fsp3) is 0.238. The van der Waals surface area contributed by atoms with Crippen molar-refractivity contribution in [3.05, 3.63) is 52.0 Å². The first kappa shape index (κ1) is 22.3. The van der Waals surface area contributed by atoms with Gasteiger partial charge in [-0.25, -0.2) is 4.79 Å². The van der Waals surface area contributed by atoms with Crippen LogP contribution in [0.4, 0.5) is 5.69 Å². The number of amides is 1. The fourth-order valence-corrected chi connectivity index (χ4v) is 3.03. The molecule has 1 N–H and O–H groups in total. The third-order valence-corrected chi connectivity index (χ3v) is 4.54. The molecule has 8 heteroatoms. The van der Waals surface area contributed by atoms with Crippen LogP contribution in [0.25, 0.3) is 6.08 Å². The van der Waals surface area contributed by atoms with E-state index in [0.29, 0.717) is 28.5 Å². The summed E-state index contributed by atoms with van der Waals surface area (Å²) in [7, 11) is 4.53. The summed E-state index contributed by atoms with van der Waals surface area (Å²) < 4.78 is 21.5. The highest BCUT2D eigenvalue weighted by molar-refractivity contribution is 9.10. The zero-order valence-corrected chi connectivity index (χ0v) is 18.2. The molecule has 0 aliphatic carbocycles. The molecule has 1 amide bonds. The lowest BCUT2D eigenvalue weighted by molar-refractivity contribution is -0.142. The number of aryl methyl sites for hydroxylation is 1. The molecule has 0 saturated heterocycles. The van der Waals surface area contributed by atoms with E-state index in [1.54, 1.807) is 18.2 Å². The van der Waals surface area contributed by atoms with Crippen molar-refractivity contribution in [3.8, 4) is 17.2 Å². The summed E-state index contributed by atoms with van der Waals surface area (Å²) in [6.45, 7) is 1.53. The van der Waals surface area contributed by atoms with Crippen LogP contribution in [0.1, 0.15) is 11.1 Å². The average Bonchev–Trinajstić information content (AvgIpc) is 2.71. The lowest BCUT2D eigenvalue weighted by Gasteiger charge is -2.12. The number of methoxy groups -OCH3 is 3. The van der Waals surface area contributed by atoms with Crippen molar-refractivity contribution in [1.29, 1.82) is 0 Å². The second-order valence-electron chi connectivity index (χ2n) is 5.92. The van der Waals surface area contributed by atoms with Crippen LogP contribution in [0.2, 0.25) is 0 Å². The predicted octanol–water partition coefficient (Wildman–Crippen LogP) is 3.98. The van der Waals surface area contributed by atoms with Crippen molar-refractivity contribution < 1.29 is 28.5 Å². The highest BCUT2D eigenvalue weighted by Crippen LogP contribution is 2.35. The molecule has 7 nitrogen and oxygen atoms in total. The number of esters is 1. The van der Waals surface area contributed by atoms with Crippen LogP contribution in [0.5, 0.6) is 17.2 Å². The van der Waals surface area contributed by atoms with Crippen molar-refractivity contribution in [2.45, 2.75) is 6.92 Å². The molecule has 0 heterocycles. The zero-order valence-electron chi connectivity index (χ0n) is 16.6. The summed E-state index contributed by atoms with van der Waals surface area (Å²) in [5.41, 5.74) is 2.24. The monoisotopic (exact) mass is 463 g/mol. The standard InChI is InChI=1S/C21H22BrNO6/c1-13-5-7-16(15(22)9-13)23-20(24)12-29-21(25)8-6-14-10-18(27-3)19(28-4)11-17(14)26-2/h5-11H,12H2,1-4H3,(H,23,24)/b8-6+. The van der Waals surface area contributed by atoms with Crippen LogP contribution < -0.4 is 19.5 Å². The van der Waals surface area contributed by atoms with Crippen LogP contribution >= 0.6 is 15.9 Å². The van der Waals surface area contributed by atoms with Gasteiger partial charge in [-0.15, -0.1) is 0 Å². The Morgan fingerprint density at radius 3 is 2.28 bits per heavy atom. The molecule has 29 heavy (non-hydrogen) atoms. The Balaban J connectivity index is 1.98. The third-order valence-electron chi connectivity index (χ3n) is 3.88. The Morgan fingerprint density at radius 2 is 1.66 bits per heavy atom. The van der Waals surface area contributed by atoms with Gasteiger partial charge in [-0.05, 0) is 52.7 Å². The molecule has 0 aliphatic rings. The van der Waals surface area contributed by atoms with Crippen molar-refractivity contribution in [1.82, 2.24) is 0 Å². The number of carbonyl (C=O) groups is 2. The normalized spacial score (nSPS) is 10.5. The lowest BCUT2D eigenvalue weighted by atomic mass is 10.1. The summed E-state index contributed by atoms with van der Waals surface area (Å²) in [4.78, 5) is 24.0. The van der Waals surface area contributed by atoms with Gasteiger partial charge in [0, 0.05) is 22.2 Å². The van der Waals surface area contributed by atoms with E-state index in [-0.39, 0.29) is 0 Å². The summed E-state index contributed by atoms with van der Waals surface area (Å²) in [5, 5.41) is 2.68. The van der Waals surface area contributed by atoms with Gasteiger partial charge in [0.25, 0.3) is 5.91 Å². The van der Waals surface area contributed by atoms with Crippen molar-refractivity contribution in [2.75, 3.05) is 33.3 Å². The van der Waals surface area contributed by atoms with Crippen LogP contribution in [0.3, 0.4) is 0 Å². The lowest BCUT2D eigenvalue weighted by Crippen LogP contribution is -2.20. The molecule has 2 aromatic carbocycles. The SMILES string of the molecule is COc1cc(OC)c(OC)cc1/C=C/C(=O)OCC(=O)Nc1ccc(C)cc1Br. The Labute approximate surface area is 177 Å². The number of halogens is 1. The Morgan fingerprint density at radius 1 is 1.00 bits per heavy atom. The molecule has 0 saturated carbocycles. The van der Waals surface area contributed by atoms with E-state index in [4.69, 9.17) is 18.9 Å². The van der Waals surface area contributed by atoms with Crippen molar-refractivity contribution in [3.63, 3.8) is 0 Å². The minimum absolute atomic E-state index is 0.410. The molecular formula is C21H22BrNO6. The molecule has 0 aromatic heterocycles. The number of carbonyl (C=O) groups excluding carboxylic acids is 2. The first-order chi connectivity index (χ1) is 13.9. The van der Waals surface area contributed by atoms with E-state index < -0.39 is 18.5 Å². The molecule has 154 valence electrons. The van der Waals surface area contributed by atoms with Gasteiger partial charge in [-0.3, -0.25) is 4.79 Å². The molecule has 0 spiro atoms. The molecule has 0 atom stereocenters. The quantitative estimate of drug-likeness (QED) is 0.470. The van der Waals surface area contributed by atoms with E-state index in [1.165, 1.54) is 33.5 Å². The molecule has 0 aliphatic heterocycles. The highest BCUT2D eigenvalue weighted by atomic mass is 79.9. The molecule has 0 bridgehead atoms. The number of rotatable bonds is 8. The fourth-order valence-electron chi connectivity index (χ4n) is 2.43. The minimum atomic E-state index is -0.667. The maximum absolute atomic E-state index is 12.0. The van der Waals surface area contributed by atoms with Crippen molar-refractivity contribution >= 4 is 39.6 Å². The average molecular weight is 464 g/mol. The maximum atomic E-state index is 12.0. The molecule has 2 aromatic rings. The molecule has 0 unspecified atom stereocenters. The van der Waals surface area contributed by atoms with Crippen LogP contribution in [-0.4, -0.2) is 39.8 Å². The van der Waals surface area contributed by atoms with Gasteiger partial charge in [-0.2, -0.15) is 0 Å². The number of nitrogens with one attached hydrogen (secondary N) is 1. The Hall–Kier alpha value is -3.00. The summed E-state index contributed by atoms with van der Waals surface area (Å²) in [5.74, 6) is 0.376. The summed E-state index contributed by atoms with van der Waals surface area (Å²) in [6, 6.07) is 8.83. The first-order valence-electron chi connectivity index (χ1n) is 8.58. The highest BCUT2D eigenvalue weighted by Gasteiger charge is 2.11. The van der Waals surface area contributed by atoms with E-state index in [2.05, 4.69) is 21.2 Å². The predicted molar refractivity (Wildman–Crippen MR) is 114 cm³/mol. The second kappa shape index (κ2) is 10.5. The number of hydrogen-bond donors (Lipinski definition) is 1. The van der Waals surface area contributed by atoms with Gasteiger partial charge < -0.3 is 24.3 Å². The van der Waals surface area contributed by atoms with Crippen molar-refractivity contribution in [2.24, 2.45) is 0 Å². The summed E-state index contributed by atoms with van der Waals surface area (Å²) in [6.07, 6.45) is 2.72. The van der Waals surface area contributed by atoms with E-state index in [0.717, 1.165) is 10.0 Å². The van der Waals surface area contributed by atoms with Gasteiger partial charge in [-0.1, -0.05) is 6.07 Å². The van der Waals surface area contributed by atoms with Crippen LogP contribution in [-0.2, 0) is 14.3 Å². The van der Waals surface area contributed by atoms with Gasteiger partial charge in [0.05, 0.1) is 27.0 Å². The smallest absolute Gasteiger partial charge is 0.331 e. The van der Waals surface area contributed by atoms with E-state index in [9.17, 15) is 9.59 Å². The van der Waals surface area contributed by atoms with E-state index in [1.807, 2.05) is 19.1 Å². The Bertz CT molecular complexity index is 926. The molecule has 2 rings (SSSR count). The van der Waals surface area contributed by atoms with Gasteiger partial charge >= 0.3 is 5.97 Å². The van der Waals surface area contributed by atoms with E-state index >= 15 is 0 Å². The number of anilines is 1. The van der Waals surface area contributed by atoms with Crippen LogP contribution in [0, 0.1) is 6.92 Å². The molecule has 0 fully saturated rings. The van der Waals surface area contributed by atoms with Gasteiger partial charge in [0.1, 0.15) is 5.75 Å². The van der Waals surface area contributed by atoms with Crippen LogP contribution in [0.15, 0.2) is 40.9 Å².